The van der Waals surface area contributed by atoms with Crippen molar-refractivity contribution in [2.45, 2.75) is 19.6 Å². The van der Waals surface area contributed by atoms with E-state index in [1.165, 1.54) is 22.9 Å². The first-order valence-corrected chi connectivity index (χ1v) is 8.21. The van der Waals surface area contributed by atoms with Crippen LogP contribution < -0.4 is 5.32 Å². The Bertz CT molecular complexity index is 1030. The average Bonchev–Trinajstić information content (AvgIpc) is 3.06. The Hall–Kier alpha value is -3.49. The topological polar surface area (TPSA) is 76.9 Å². The number of aryl methyl sites for hydroxylation is 1. The van der Waals surface area contributed by atoms with Gasteiger partial charge in [-0.25, -0.2) is 4.98 Å². The Kier molecular flexibility index (Phi) is 5.25. The minimum atomic E-state index is -4.65. The van der Waals surface area contributed by atoms with E-state index in [2.05, 4.69) is 15.4 Å². The molecule has 1 N–H and O–H groups in total. The second-order valence-corrected chi connectivity index (χ2v) is 6.02. The van der Waals surface area contributed by atoms with Crippen LogP contribution in [-0.4, -0.2) is 26.5 Å². The summed E-state index contributed by atoms with van der Waals surface area (Å²) in [4.78, 5) is 27.9. The second kappa shape index (κ2) is 7.63. The monoisotopic (exact) mass is 388 g/mol. The number of carbonyl (C=O) groups excluding carboxylic acids is 2. The van der Waals surface area contributed by atoms with Crippen molar-refractivity contribution in [1.82, 2.24) is 14.8 Å². The Morgan fingerprint density at radius 2 is 1.86 bits per heavy atom. The molecule has 0 aliphatic heterocycles. The number of rotatable bonds is 5. The molecule has 0 unspecified atom stereocenters. The van der Waals surface area contributed by atoms with Crippen LogP contribution in [0.1, 0.15) is 32.2 Å². The fourth-order valence-electron chi connectivity index (χ4n) is 2.47. The number of Topliss-reactive ketones (excluding diaryl/α,β-unsaturated/α-hetero) is 1. The molecular weight excluding hydrogens is 373 g/mol. The van der Waals surface area contributed by atoms with Gasteiger partial charge >= 0.3 is 6.18 Å². The number of hydrogen-bond acceptors (Lipinski definition) is 4. The van der Waals surface area contributed by atoms with Crippen molar-refractivity contribution in [3.8, 4) is 0 Å². The first-order chi connectivity index (χ1) is 13.2. The molecule has 144 valence electrons. The van der Waals surface area contributed by atoms with E-state index in [0.717, 1.165) is 17.8 Å². The summed E-state index contributed by atoms with van der Waals surface area (Å²) in [6, 6.07) is 11.0. The van der Waals surface area contributed by atoms with Crippen LogP contribution >= 0.6 is 0 Å². The van der Waals surface area contributed by atoms with Crippen LogP contribution in [0.25, 0.3) is 0 Å². The molecule has 1 aromatic carbocycles. The van der Waals surface area contributed by atoms with Crippen LogP contribution in [0.5, 0.6) is 0 Å². The molecule has 0 aliphatic rings. The molecule has 0 saturated heterocycles. The van der Waals surface area contributed by atoms with Crippen LogP contribution in [0.3, 0.4) is 0 Å². The van der Waals surface area contributed by atoms with Crippen LogP contribution in [0.4, 0.5) is 18.9 Å². The Labute approximate surface area is 158 Å². The van der Waals surface area contributed by atoms with Crippen molar-refractivity contribution >= 4 is 17.4 Å². The van der Waals surface area contributed by atoms with E-state index in [9.17, 15) is 22.8 Å². The summed E-state index contributed by atoms with van der Waals surface area (Å²) in [7, 11) is 0. The van der Waals surface area contributed by atoms with Gasteiger partial charge in [0.15, 0.2) is 5.78 Å². The highest BCUT2D eigenvalue weighted by Crippen LogP contribution is 2.27. The van der Waals surface area contributed by atoms with Gasteiger partial charge in [-0.1, -0.05) is 18.2 Å². The van der Waals surface area contributed by atoms with Crippen molar-refractivity contribution < 1.29 is 22.8 Å². The number of halogens is 3. The molecule has 0 saturated carbocycles. The lowest BCUT2D eigenvalue weighted by Crippen LogP contribution is -2.17. The maximum Gasteiger partial charge on any atom is 0.433 e. The van der Waals surface area contributed by atoms with Crippen LogP contribution in [0.15, 0.2) is 54.7 Å². The number of alkyl halides is 3. The predicted molar refractivity (Wildman–Crippen MR) is 94.9 cm³/mol. The number of anilines is 1. The lowest BCUT2D eigenvalue weighted by molar-refractivity contribution is -0.141. The van der Waals surface area contributed by atoms with Crippen LogP contribution in [-0.2, 0) is 12.7 Å². The number of pyridine rings is 1. The quantitative estimate of drug-likeness (QED) is 0.676. The highest BCUT2D eigenvalue weighted by molar-refractivity contribution is 6.04. The zero-order chi connectivity index (χ0) is 20.3. The standard InChI is InChI=1S/C19H15F3N4O2/c1-12-8-9-26(25-12)11-16(27)13-4-2-5-14(10-13)23-18(28)15-6-3-7-17(24-15)19(20,21)22/h2-10H,11H2,1H3,(H,23,28). The molecule has 6 nitrogen and oxygen atoms in total. The third-order valence-electron chi connectivity index (χ3n) is 3.79. The van der Waals surface area contributed by atoms with Crippen LogP contribution in [0.2, 0.25) is 0 Å². The molecule has 2 heterocycles. The molecule has 2 aromatic heterocycles. The van der Waals surface area contributed by atoms with Crippen molar-refractivity contribution in [3.05, 3.63) is 77.4 Å². The van der Waals surface area contributed by atoms with E-state index >= 15 is 0 Å². The molecule has 0 spiro atoms. The van der Waals surface area contributed by atoms with Crippen LogP contribution in [0, 0.1) is 6.92 Å². The fourth-order valence-corrected chi connectivity index (χ4v) is 2.47. The third-order valence-corrected chi connectivity index (χ3v) is 3.79. The molecule has 3 rings (SSSR count). The van der Waals surface area contributed by atoms with Crippen molar-refractivity contribution in [2.24, 2.45) is 0 Å². The van der Waals surface area contributed by atoms with Gasteiger partial charge in [-0.3, -0.25) is 14.3 Å². The Morgan fingerprint density at radius 1 is 1.11 bits per heavy atom. The van der Waals surface area contributed by atoms with Gasteiger partial charge < -0.3 is 5.32 Å². The van der Waals surface area contributed by atoms with Crippen molar-refractivity contribution in [2.75, 3.05) is 5.32 Å². The van der Waals surface area contributed by atoms with Gasteiger partial charge in [0.1, 0.15) is 17.9 Å². The van der Waals surface area contributed by atoms with Crippen molar-refractivity contribution in [3.63, 3.8) is 0 Å². The molecule has 3 aromatic rings. The van der Waals surface area contributed by atoms with Gasteiger partial charge in [0.2, 0.25) is 0 Å². The third kappa shape index (κ3) is 4.61. The summed E-state index contributed by atoms with van der Waals surface area (Å²) >= 11 is 0. The summed E-state index contributed by atoms with van der Waals surface area (Å²) in [5.74, 6) is -1.03. The molecule has 1 amide bonds. The number of nitrogens with zero attached hydrogens (tertiary/aromatic N) is 3. The SMILES string of the molecule is Cc1ccn(CC(=O)c2cccc(NC(=O)c3cccc(C(F)(F)F)n3)c2)n1. The molecule has 0 aliphatic carbocycles. The fraction of sp³-hybridized carbons (Fsp3) is 0.158. The summed E-state index contributed by atoms with van der Waals surface area (Å²) in [6.07, 6.45) is -2.97. The summed E-state index contributed by atoms with van der Waals surface area (Å²) in [5.41, 5.74) is -0.144. The number of amides is 1. The highest BCUT2D eigenvalue weighted by atomic mass is 19.4. The van der Waals surface area contributed by atoms with Gasteiger partial charge in [-0.15, -0.1) is 0 Å². The number of aromatic nitrogens is 3. The van der Waals surface area contributed by atoms with Gasteiger partial charge in [-0.05, 0) is 37.3 Å². The van der Waals surface area contributed by atoms with E-state index in [1.54, 1.807) is 31.3 Å². The minimum absolute atomic E-state index is 0.0282. The maximum absolute atomic E-state index is 12.7. The first-order valence-electron chi connectivity index (χ1n) is 8.21. The molecule has 0 atom stereocenters. The maximum atomic E-state index is 12.7. The zero-order valence-electron chi connectivity index (χ0n) is 14.7. The lowest BCUT2D eigenvalue weighted by Gasteiger charge is -2.09. The summed E-state index contributed by atoms with van der Waals surface area (Å²) in [6.45, 7) is 1.83. The largest absolute Gasteiger partial charge is 0.433 e. The zero-order valence-corrected chi connectivity index (χ0v) is 14.7. The van der Waals surface area contributed by atoms with E-state index < -0.39 is 17.8 Å². The normalized spacial score (nSPS) is 11.3. The number of hydrogen-bond donors (Lipinski definition) is 1. The van der Waals surface area contributed by atoms with E-state index in [1.807, 2.05) is 0 Å². The van der Waals surface area contributed by atoms with Gasteiger partial charge in [0.05, 0.1) is 5.69 Å². The Balaban J connectivity index is 1.74. The van der Waals surface area contributed by atoms with E-state index in [0.29, 0.717) is 5.56 Å². The number of ketones is 1. The average molecular weight is 388 g/mol. The molecular formula is C19H15F3N4O2. The smallest absolute Gasteiger partial charge is 0.321 e. The predicted octanol–water partition coefficient (Wildman–Crippen LogP) is 3.74. The molecule has 0 radical (unpaired) electrons. The number of carbonyl (C=O) groups is 2. The van der Waals surface area contributed by atoms with E-state index in [-0.39, 0.29) is 23.7 Å². The molecule has 0 fully saturated rings. The Morgan fingerprint density at radius 3 is 2.54 bits per heavy atom. The van der Waals surface area contributed by atoms with Crippen molar-refractivity contribution in [1.29, 1.82) is 0 Å². The summed E-state index contributed by atoms with van der Waals surface area (Å²) in [5, 5.41) is 6.60. The van der Waals surface area contributed by atoms with Gasteiger partial charge in [-0.2, -0.15) is 18.3 Å². The second-order valence-electron chi connectivity index (χ2n) is 6.02. The highest BCUT2D eigenvalue weighted by Gasteiger charge is 2.32. The minimum Gasteiger partial charge on any atom is -0.321 e. The van der Waals surface area contributed by atoms with Gasteiger partial charge in [0, 0.05) is 17.4 Å². The molecule has 0 bridgehead atoms. The molecule has 28 heavy (non-hydrogen) atoms. The van der Waals surface area contributed by atoms with E-state index in [4.69, 9.17) is 0 Å². The number of benzene rings is 1. The van der Waals surface area contributed by atoms with Gasteiger partial charge in [0.25, 0.3) is 5.91 Å². The lowest BCUT2D eigenvalue weighted by atomic mass is 10.1. The number of nitrogens with one attached hydrogen (secondary N) is 1. The first kappa shape index (κ1) is 19.3. The summed E-state index contributed by atoms with van der Waals surface area (Å²) < 4.78 is 39.7. The molecule has 9 heteroatoms.